The SMILES string of the molecule is CN1CCc2c(cccc2-c2cc(N(c3ccc(-c4ccccc4)cc3)c3ccc4ccc5cccc6ccc3c4c56)cc3c2N(c2ccccc2)c2ccccc2N3c2ccccc2)C1. The van der Waals surface area contributed by atoms with Crippen molar-refractivity contribution in [2.45, 2.75) is 13.0 Å². The van der Waals surface area contributed by atoms with Gasteiger partial charge in [-0.3, -0.25) is 0 Å². The summed E-state index contributed by atoms with van der Waals surface area (Å²) < 4.78 is 0. The fraction of sp³-hybridized carbons (Fsp3) is 0.0645. The highest BCUT2D eigenvalue weighted by atomic mass is 15.3. The fourth-order valence-corrected chi connectivity index (χ4v) is 10.9. The van der Waals surface area contributed by atoms with Crippen molar-refractivity contribution in [3.05, 3.63) is 236 Å². The van der Waals surface area contributed by atoms with Crippen LogP contribution in [0.5, 0.6) is 0 Å². The Labute approximate surface area is 385 Å². The van der Waals surface area contributed by atoms with Crippen molar-refractivity contribution in [2.75, 3.05) is 28.3 Å². The summed E-state index contributed by atoms with van der Waals surface area (Å²) in [5.41, 5.74) is 17.8. The van der Waals surface area contributed by atoms with E-state index in [0.29, 0.717) is 0 Å². The molecule has 4 nitrogen and oxygen atoms in total. The van der Waals surface area contributed by atoms with E-state index < -0.39 is 0 Å². The second kappa shape index (κ2) is 15.5. The lowest BCUT2D eigenvalue weighted by Crippen LogP contribution is -2.27. The first kappa shape index (κ1) is 38.3. The van der Waals surface area contributed by atoms with Gasteiger partial charge >= 0.3 is 0 Å². The van der Waals surface area contributed by atoms with Crippen molar-refractivity contribution in [1.82, 2.24) is 4.90 Å². The minimum Gasteiger partial charge on any atom is -0.310 e. The topological polar surface area (TPSA) is 13.0 Å². The molecule has 13 rings (SSSR count). The van der Waals surface area contributed by atoms with E-state index >= 15 is 0 Å². The van der Waals surface area contributed by atoms with Gasteiger partial charge < -0.3 is 19.6 Å². The van der Waals surface area contributed by atoms with Gasteiger partial charge in [-0.05, 0) is 135 Å². The minimum absolute atomic E-state index is 0.926. The molecule has 0 atom stereocenters. The van der Waals surface area contributed by atoms with Crippen LogP contribution in [0.15, 0.2) is 224 Å². The van der Waals surface area contributed by atoms with Gasteiger partial charge in [0.15, 0.2) is 0 Å². The van der Waals surface area contributed by atoms with Gasteiger partial charge in [0.2, 0.25) is 0 Å². The number of hydrogen-bond donors (Lipinski definition) is 0. The third-order valence-corrected chi connectivity index (χ3v) is 13.9. The first-order valence-electron chi connectivity index (χ1n) is 23.1. The quantitative estimate of drug-likeness (QED) is 0.148. The highest BCUT2D eigenvalue weighted by molar-refractivity contribution is 6.26. The smallest absolute Gasteiger partial charge is 0.0783 e. The molecule has 11 aromatic carbocycles. The zero-order chi connectivity index (χ0) is 43.7. The first-order valence-corrected chi connectivity index (χ1v) is 23.1. The number of fused-ring (bicyclic) bond motifs is 3. The highest BCUT2D eigenvalue weighted by Gasteiger charge is 2.35. The second-order valence-corrected chi connectivity index (χ2v) is 17.8. The summed E-state index contributed by atoms with van der Waals surface area (Å²) in [7, 11) is 2.24. The van der Waals surface area contributed by atoms with E-state index in [1.54, 1.807) is 0 Å². The molecule has 0 fully saturated rings. The Morgan fingerprint density at radius 1 is 0.424 bits per heavy atom. The number of hydrogen-bond acceptors (Lipinski definition) is 4. The van der Waals surface area contributed by atoms with Crippen LogP contribution >= 0.6 is 0 Å². The van der Waals surface area contributed by atoms with Crippen molar-refractivity contribution < 1.29 is 0 Å². The van der Waals surface area contributed by atoms with Crippen molar-refractivity contribution in [1.29, 1.82) is 0 Å². The largest absolute Gasteiger partial charge is 0.310 e. The van der Waals surface area contributed by atoms with E-state index in [2.05, 4.69) is 251 Å². The maximum Gasteiger partial charge on any atom is 0.0783 e. The summed E-state index contributed by atoms with van der Waals surface area (Å²) in [5, 5.41) is 7.59. The molecule has 0 unspecified atom stereocenters. The second-order valence-electron chi connectivity index (χ2n) is 17.8. The molecule has 314 valence electrons. The third kappa shape index (κ3) is 6.18. The summed E-state index contributed by atoms with van der Waals surface area (Å²) >= 11 is 0. The zero-order valence-corrected chi connectivity index (χ0v) is 36.8. The van der Waals surface area contributed by atoms with Gasteiger partial charge in [-0.2, -0.15) is 0 Å². The Bertz CT molecular complexity index is 3570. The van der Waals surface area contributed by atoms with E-state index in [-0.39, 0.29) is 0 Å². The average Bonchev–Trinajstić information content (AvgIpc) is 3.38. The molecule has 2 aliphatic heterocycles. The number of likely N-dealkylation sites (N-methyl/N-ethyl adjacent to an activating group) is 1. The highest BCUT2D eigenvalue weighted by Crippen LogP contribution is 2.59. The van der Waals surface area contributed by atoms with E-state index in [9.17, 15) is 0 Å². The maximum atomic E-state index is 2.52. The lowest BCUT2D eigenvalue weighted by molar-refractivity contribution is 0.313. The summed E-state index contributed by atoms with van der Waals surface area (Å²) in [6.45, 7) is 1.94. The normalized spacial score (nSPS) is 13.5. The molecular weight excluding hydrogens is 801 g/mol. The molecule has 0 bridgehead atoms. The molecule has 4 heteroatoms. The van der Waals surface area contributed by atoms with Gasteiger partial charge in [-0.25, -0.2) is 0 Å². The van der Waals surface area contributed by atoms with Gasteiger partial charge in [-0.1, -0.05) is 158 Å². The zero-order valence-electron chi connectivity index (χ0n) is 36.8. The Balaban J connectivity index is 1.15. The van der Waals surface area contributed by atoms with Crippen LogP contribution < -0.4 is 14.7 Å². The minimum atomic E-state index is 0.926. The molecule has 0 radical (unpaired) electrons. The Kier molecular flexibility index (Phi) is 9.00. The molecule has 66 heavy (non-hydrogen) atoms. The van der Waals surface area contributed by atoms with Crippen LogP contribution in [0.1, 0.15) is 11.1 Å². The van der Waals surface area contributed by atoms with Gasteiger partial charge in [0.1, 0.15) is 0 Å². The van der Waals surface area contributed by atoms with E-state index in [1.807, 2.05) is 0 Å². The molecule has 0 aromatic heterocycles. The number of rotatable bonds is 7. The summed E-state index contributed by atoms with van der Waals surface area (Å²) in [4.78, 5) is 9.95. The van der Waals surface area contributed by atoms with E-state index in [4.69, 9.17) is 0 Å². The predicted molar refractivity (Wildman–Crippen MR) is 279 cm³/mol. The number of benzene rings is 11. The monoisotopic (exact) mass is 846 g/mol. The van der Waals surface area contributed by atoms with E-state index in [0.717, 1.165) is 70.7 Å². The molecule has 2 heterocycles. The van der Waals surface area contributed by atoms with Gasteiger partial charge in [0, 0.05) is 46.8 Å². The molecule has 0 saturated carbocycles. The van der Waals surface area contributed by atoms with Gasteiger partial charge in [0.25, 0.3) is 0 Å². The van der Waals surface area contributed by atoms with Crippen molar-refractivity contribution in [2.24, 2.45) is 0 Å². The van der Waals surface area contributed by atoms with Gasteiger partial charge in [-0.15, -0.1) is 0 Å². The fourth-order valence-electron chi connectivity index (χ4n) is 10.9. The van der Waals surface area contributed by atoms with Gasteiger partial charge in [0.05, 0.1) is 28.4 Å². The van der Waals surface area contributed by atoms with E-state index in [1.165, 1.54) is 65.7 Å². The third-order valence-electron chi connectivity index (χ3n) is 13.9. The van der Waals surface area contributed by atoms with Crippen LogP contribution in [0, 0.1) is 0 Å². The lowest BCUT2D eigenvalue weighted by Gasteiger charge is -2.42. The van der Waals surface area contributed by atoms with Crippen LogP contribution in [0.4, 0.5) is 51.2 Å². The van der Waals surface area contributed by atoms with Crippen molar-refractivity contribution in [3.8, 4) is 22.3 Å². The van der Waals surface area contributed by atoms with Crippen LogP contribution in [0.25, 0.3) is 54.6 Å². The number of para-hydroxylation sites is 4. The Hall–Kier alpha value is -8.18. The molecule has 0 N–H and O–H groups in total. The first-order chi connectivity index (χ1) is 32.7. The lowest BCUT2D eigenvalue weighted by atomic mass is 9.88. The Morgan fingerprint density at radius 2 is 1.02 bits per heavy atom. The molecule has 2 aliphatic rings. The Morgan fingerprint density at radius 3 is 1.74 bits per heavy atom. The van der Waals surface area contributed by atoms with Crippen LogP contribution in [-0.4, -0.2) is 18.5 Å². The van der Waals surface area contributed by atoms with Crippen LogP contribution in [-0.2, 0) is 13.0 Å². The predicted octanol–water partition coefficient (Wildman–Crippen LogP) is 16.6. The molecule has 0 aliphatic carbocycles. The molecule has 0 amide bonds. The number of nitrogens with zero attached hydrogens (tertiary/aromatic N) is 4. The molecule has 0 spiro atoms. The van der Waals surface area contributed by atoms with Crippen molar-refractivity contribution in [3.63, 3.8) is 0 Å². The molecule has 0 saturated heterocycles. The number of anilines is 9. The average molecular weight is 847 g/mol. The summed E-state index contributed by atoms with van der Waals surface area (Å²) in [5.74, 6) is 0. The van der Waals surface area contributed by atoms with Crippen LogP contribution in [0.2, 0.25) is 0 Å². The van der Waals surface area contributed by atoms with Crippen LogP contribution in [0.3, 0.4) is 0 Å². The standard InChI is InChI=1S/C62H46N4/c1-63-38-37-52-47(41-63)19-14-24-53(52)55-39-51(40-59-62(55)66(49-22-9-4-10-23-49)58-26-12-11-25-57(58)65(59)48-20-7-3-8-21-48)64(50-33-29-43(30-34-50)42-15-5-2-6-16-42)56-36-32-46-28-27-44-17-13-18-45-31-35-54(56)61(46)60(44)45/h2-36,39-40H,37-38,41H2,1H3. The maximum absolute atomic E-state index is 2.52. The molecule has 11 aromatic rings. The molecular formula is C62H46N4. The van der Waals surface area contributed by atoms with Crippen molar-refractivity contribution >= 4 is 83.5 Å². The summed E-state index contributed by atoms with van der Waals surface area (Å²) in [6.07, 6.45) is 0.977. The summed E-state index contributed by atoms with van der Waals surface area (Å²) in [6, 6.07) is 83.0.